The quantitative estimate of drug-likeness (QED) is 0.804. The van der Waals surface area contributed by atoms with E-state index >= 15 is 0 Å². The fraction of sp³-hybridized carbons (Fsp3) is 0.947. The number of morpholine rings is 1. The average Bonchev–Trinajstić information content (AvgIpc) is 2.61. The minimum Gasteiger partial charge on any atom is -0.379 e. The van der Waals surface area contributed by atoms with Crippen LogP contribution in [-0.2, 0) is 9.53 Å². The second kappa shape index (κ2) is 8.63. The average molecular weight is 338 g/mol. The minimum absolute atomic E-state index is 0.137. The first-order valence-corrected chi connectivity index (χ1v) is 10.0. The molecule has 1 saturated heterocycles. The Bertz CT molecular complexity index is 403. The first-order chi connectivity index (χ1) is 11.7. The number of nitrogens with two attached hydrogens (primary N) is 1. The number of amides is 1. The van der Waals surface area contributed by atoms with Crippen LogP contribution < -0.4 is 11.1 Å². The molecule has 0 aromatic heterocycles. The Hall–Kier alpha value is -0.650. The first-order valence-electron chi connectivity index (χ1n) is 10.0. The molecule has 1 aliphatic heterocycles. The van der Waals surface area contributed by atoms with Gasteiger partial charge in [-0.2, -0.15) is 0 Å². The van der Waals surface area contributed by atoms with Gasteiger partial charge in [-0.1, -0.05) is 25.7 Å². The molecule has 138 valence electrons. The van der Waals surface area contributed by atoms with Gasteiger partial charge in [-0.3, -0.25) is 9.69 Å². The highest BCUT2D eigenvalue weighted by Gasteiger charge is 2.35. The molecule has 3 rings (SSSR count). The molecule has 5 heteroatoms. The van der Waals surface area contributed by atoms with Gasteiger partial charge in [0.2, 0.25) is 5.91 Å². The highest BCUT2D eigenvalue weighted by molar-refractivity contribution is 5.78. The van der Waals surface area contributed by atoms with E-state index in [0.717, 1.165) is 65.1 Å². The molecule has 3 aliphatic rings. The van der Waals surface area contributed by atoms with Crippen LogP contribution in [0.5, 0.6) is 0 Å². The van der Waals surface area contributed by atoms with Crippen LogP contribution in [0.4, 0.5) is 0 Å². The predicted octanol–water partition coefficient (Wildman–Crippen LogP) is 1.90. The van der Waals surface area contributed by atoms with E-state index in [1.54, 1.807) is 0 Å². The van der Waals surface area contributed by atoms with Gasteiger partial charge >= 0.3 is 0 Å². The topological polar surface area (TPSA) is 67.6 Å². The Morgan fingerprint density at radius 2 is 1.88 bits per heavy atom. The van der Waals surface area contributed by atoms with Crippen LogP contribution >= 0.6 is 0 Å². The zero-order valence-corrected chi connectivity index (χ0v) is 15.1. The molecular formula is C19H35N3O2. The van der Waals surface area contributed by atoms with Crippen molar-refractivity contribution in [2.45, 2.75) is 63.8 Å². The van der Waals surface area contributed by atoms with Gasteiger partial charge in [0, 0.05) is 43.6 Å². The lowest BCUT2D eigenvalue weighted by atomic mass is 9.73. The predicted molar refractivity (Wildman–Crippen MR) is 95.7 cm³/mol. The normalized spacial score (nSPS) is 31.5. The SMILES string of the molecule is NC1CCCC(C(=O)NCC2(CN3CCOCC3)CCCCC2)C1. The molecule has 2 saturated carbocycles. The van der Waals surface area contributed by atoms with Crippen molar-refractivity contribution >= 4 is 5.91 Å². The summed E-state index contributed by atoms with van der Waals surface area (Å²) < 4.78 is 5.49. The minimum atomic E-state index is 0.137. The van der Waals surface area contributed by atoms with E-state index in [9.17, 15) is 4.79 Å². The Morgan fingerprint density at radius 3 is 2.58 bits per heavy atom. The highest BCUT2D eigenvalue weighted by Crippen LogP contribution is 2.37. The Labute approximate surface area is 146 Å². The zero-order valence-electron chi connectivity index (χ0n) is 15.1. The molecule has 3 N–H and O–H groups in total. The summed E-state index contributed by atoms with van der Waals surface area (Å²) in [6.45, 7) is 5.72. The van der Waals surface area contributed by atoms with Gasteiger partial charge in [-0.15, -0.1) is 0 Å². The summed E-state index contributed by atoms with van der Waals surface area (Å²) in [6, 6.07) is 0.214. The van der Waals surface area contributed by atoms with Crippen molar-refractivity contribution in [3.05, 3.63) is 0 Å². The van der Waals surface area contributed by atoms with Gasteiger partial charge in [0.1, 0.15) is 0 Å². The molecule has 2 unspecified atom stereocenters. The molecule has 0 radical (unpaired) electrons. The fourth-order valence-electron chi connectivity index (χ4n) is 4.81. The highest BCUT2D eigenvalue weighted by atomic mass is 16.5. The molecule has 2 atom stereocenters. The van der Waals surface area contributed by atoms with E-state index < -0.39 is 0 Å². The molecule has 2 aliphatic carbocycles. The van der Waals surface area contributed by atoms with Crippen molar-refractivity contribution in [1.82, 2.24) is 10.2 Å². The molecular weight excluding hydrogens is 302 g/mol. The van der Waals surface area contributed by atoms with Crippen LogP contribution in [0, 0.1) is 11.3 Å². The second-order valence-electron chi connectivity index (χ2n) is 8.29. The second-order valence-corrected chi connectivity index (χ2v) is 8.29. The lowest BCUT2D eigenvalue weighted by Crippen LogP contribution is -2.50. The summed E-state index contributed by atoms with van der Waals surface area (Å²) in [6.07, 6.45) is 10.5. The largest absolute Gasteiger partial charge is 0.379 e. The number of carbonyl (C=O) groups excluding carboxylic acids is 1. The van der Waals surface area contributed by atoms with Crippen molar-refractivity contribution < 1.29 is 9.53 Å². The summed E-state index contributed by atoms with van der Waals surface area (Å²) in [7, 11) is 0. The van der Waals surface area contributed by atoms with Crippen molar-refractivity contribution in [2.75, 3.05) is 39.4 Å². The monoisotopic (exact) mass is 337 g/mol. The lowest BCUT2D eigenvalue weighted by molar-refractivity contribution is -0.127. The molecule has 1 amide bonds. The zero-order chi connectivity index (χ0) is 16.8. The Kier molecular flexibility index (Phi) is 6.53. The van der Waals surface area contributed by atoms with Gasteiger partial charge in [-0.05, 0) is 32.1 Å². The molecule has 0 bridgehead atoms. The van der Waals surface area contributed by atoms with Crippen LogP contribution in [0.15, 0.2) is 0 Å². The molecule has 0 aromatic carbocycles. The van der Waals surface area contributed by atoms with Crippen LogP contribution in [0.25, 0.3) is 0 Å². The maximum Gasteiger partial charge on any atom is 0.223 e. The van der Waals surface area contributed by atoms with E-state index in [1.165, 1.54) is 32.1 Å². The third-order valence-corrected chi connectivity index (χ3v) is 6.30. The molecule has 0 aromatic rings. The van der Waals surface area contributed by atoms with Crippen LogP contribution in [0.2, 0.25) is 0 Å². The van der Waals surface area contributed by atoms with Crippen molar-refractivity contribution in [1.29, 1.82) is 0 Å². The number of hydrogen-bond donors (Lipinski definition) is 2. The van der Waals surface area contributed by atoms with Crippen LogP contribution in [0.1, 0.15) is 57.8 Å². The van der Waals surface area contributed by atoms with Crippen molar-refractivity contribution in [3.8, 4) is 0 Å². The molecule has 3 fully saturated rings. The van der Waals surface area contributed by atoms with Gasteiger partial charge < -0.3 is 15.8 Å². The van der Waals surface area contributed by atoms with Crippen molar-refractivity contribution in [2.24, 2.45) is 17.1 Å². The van der Waals surface area contributed by atoms with Crippen LogP contribution in [0.3, 0.4) is 0 Å². The summed E-state index contributed by atoms with van der Waals surface area (Å²) in [4.78, 5) is 15.2. The standard InChI is InChI=1S/C19H35N3O2/c20-17-6-4-5-16(13-17)18(23)21-14-19(7-2-1-3-8-19)15-22-9-11-24-12-10-22/h16-17H,1-15,20H2,(H,21,23). The number of nitrogens with zero attached hydrogens (tertiary/aromatic N) is 1. The smallest absolute Gasteiger partial charge is 0.223 e. The van der Waals surface area contributed by atoms with Gasteiger partial charge in [0.25, 0.3) is 0 Å². The summed E-state index contributed by atoms with van der Waals surface area (Å²) in [5.74, 6) is 0.384. The number of hydrogen-bond acceptors (Lipinski definition) is 4. The molecule has 1 heterocycles. The first kappa shape index (κ1) is 18.2. The number of rotatable bonds is 5. The van der Waals surface area contributed by atoms with E-state index in [4.69, 9.17) is 10.5 Å². The van der Waals surface area contributed by atoms with Crippen molar-refractivity contribution in [3.63, 3.8) is 0 Å². The van der Waals surface area contributed by atoms with E-state index in [-0.39, 0.29) is 23.3 Å². The Balaban J connectivity index is 1.54. The summed E-state index contributed by atoms with van der Waals surface area (Å²) in [5, 5.41) is 3.32. The van der Waals surface area contributed by atoms with E-state index in [2.05, 4.69) is 10.2 Å². The molecule has 24 heavy (non-hydrogen) atoms. The van der Waals surface area contributed by atoms with Crippen LogP contribution in [-0.4, -0.2) is 56.2 Å². The number of ether oxygens (including phenoxy) is 1. The lowest BCUT2D eigenvalue weighted by Gasteiger charge is -2.42. The van der Waals surface area contributed by atoms with Gasteiger partial charge in [-0.25, -0.2) is 0 Å². The maximum atomic E-state index is 12.6. The summed E-state index contributed by atoms with van der Waals surface area (Å²) in [5.41, 5.74) is 6.32. The molecule has 5 nitrogen and oxygen atoms in total. The van der Waals surface area contributed by atoms with Gasteiger partial charge in [0.05, 0.1) is 13.2 Å². The van der Waals surface area contributed by atoms with Gasteiger partial charge in [0.15, 0.2) is 0 Å². The van der Waals surface area contributed by atoms with E-state index in [0.29, 0.717) is 0 Å². The fourth-order valence-corrected chi connectivity index (χ4v) is 4.81. The summed E-state index contributed by atoms with van der Waals surface area (Å²) >= 11 is 0. The maximum absolute atomic E-state index is 12.6. The third-order valence-electron chi connectivity index (χ3n) is 6.30. The third kappa shape index (κ3) is 4.93. The molecule has 0 spiro atoms. The number of carbonyl (C=O) groups is 1. The number of nitrogens with one attached hydrogen (secondary N) is 1. The Morgan fingerprint density at radius 1 is 1.12 bits per heavy atom. The van der Waals surface area contributed by atoms with E-state index in [1.807, 2.05) is 0 Å².